The maximum atomic E-state index is 11.9. The van der Waals surface area contributed by atoms with Crippen molar-refractivity contribution in [3.05, 3.63) is 29.0 Å². The normalized spacial score (nSPS) is 16.1. The van der Waals surface area contributed by atoms with Crippen LogP contribution in [0.25, 0.3) is 0 Å². The summed E-state index contributed by atoms with van der Waals surface area (Å²) in [5.41, 5.74) is 0.755. The molecule has 80 valence electrons. The Bertz CT molecular complexity index is 497. The van der Waals surface area contributed by atoms with E-state index in [-0.39, 0.29) is 5.25 Å². The minimum absolute atomic E-state index is 0.345. The summed E-state index contributed by atoms with van der Waals surface area (Å²) in [6.45, 7) is 1.74. The second-order valence-electron chi connectivity index (χ2n) is 3.11. The minimum Gasteiger partial charge on any atom is -0.248 e. The lowest BCUT2D eigenvalue weighted by molar-refractivity contribution is 0.673. The van der Waals surface area contributed by atoms with E-state index in [1.54, 1.807) is 31.4 Å². The smallest absolute Gasteiger partial charge is 0.214 e. The van der Waals surface area contributed by atoms with Gasteiger partial charge in [0.25, 0.3) is 0 Å². The van der Waals surface area contributed by atoms with Gasteiger partial charge in [0.15, 0.2) is 0 Å². The summed E-state index contributed by atoms with van der Waals surface area (Å²) in [6, 6.07) is 3.35. The molecule has 0 aliphatic heterocycles. The van der Waals surface area contributed by atoms with Crippen molar-refractivity contribution in [1.29, 1.82) is 5.26 Å². The van der Waals surface area contributed by atoms with Crippen LogP contribution in [0.2, 0.25) is 5.15 Å². The number of rotatable bonds is 2. The topological polar surface area (TPSA) is 66.1 Å². The lowest BCUT2D eigenvalue weighted by atomic mass is 10.2. The van der Waals surface area contributed by atoms with Crippen LogP contribution in [0.1, 0.15) is 17.7 Å². The van der Waals surface area contributed by atoms with Crippen molar-refractivity contribution in [2.45, 2.75) is 12.2 Å². The Labute approximate surface area is 94.1 Å². The average molecular weight is 244 g/mol. The Morgan fingerprint density at radius 2 is 2.33 bits per heavy atom. The van der Waals surface area contributed by atoms with Crippen LogP contribution >= 0.6 is 11.6 Å². The zero-order valence-electron chi connectivity index (χ0n) is 8.35. The van der Waals surface area contributed by atoms with E-state index in [2.05, 4.69) is 9.35 Å². The van der Waals surface area contributed by atoms with Crippen LogP contribution in [0.3, 0.4) is 0 Å². The van der Waals surface area contributed by atoms with Gasteiger partial charge >= 0.3 is 0 Å². The van der Waals surface area contributed by atoms with Crippen LogP contribution in [0.5, 0.6) is 0 Å². The SMILES string of the molecule is C[C@@H](c1ccc(Cl)nc1)[S@](C)(=O)=NC#N. The van der Waals surface area contributed by atoms with E-state index in [1.165, 1.54) is 6.26 Å². The third-order valence-corrected chi connectivity index (χ3v) is 4.35. The van der Waals surface area contributed by atoms with E-state index >= 15 is 0 Å². The fourth-order valence-electron chi connectivity index (χ4n) is 1.04. The maximum Gasteiger partial charge on any atom is 0.214 e. The quantitative estimate of drug-likeness (QED) is 0.592. The molecule has 0 aliphatic rings. The molecule has 0 aliphatic carbocycles. The standard InChI is InChI=1S/C9H10ClN3OS/c1-7(15(2,14)13-6-11)8-3-4-9(10)12-5-8/h3-5,7H,1-2H3/t7-,15-/m0/s1. The molecule has 2 atom stereocenters. The zero-order valence-corrected chi connectivity index (χ0v) is 9.92. The van der Waals surface area contributed by atoms with E-state index in [0.717, 1.165) is 5.56 Å². The van der Waals surface area contributed by atoms with Gasteiger partial charge in [-0.25, -0.2) is 9.19 Å². The molecule has 0 amide bonds. The van der Waals surface area contributed by atoms with Gasteiger partial charge in [0.1, 0.15) is 5.15 Å². The molecule has 0 N–H and O–H groups in total. The van der Waals surface area contributed by atoms with Gasteiger partial charge < -0.3 is 0 Å². The third-order valence-electron chi connectivity index (χ3n) is 2.10. The van der Waals surface area contributed by atoms with Crippen LogP contribution in [-0.4, -0.2) is 15.4 Å². The lowest BCUT2D eigenvalue weighted by Gasteiger charge is -2.11. The molecule has 1 heterocycles. The highest BCUT2D eigenvalue weighted by Crippen LogP contribution is 2.22. The summed E-state index contributed by atoms with van der Waals surface area (Å²) in [6.07, 6.45) is 4.57. The first-order valence-corrected chi connectivity index (χ1v) is 6.54. The average Bonchev–Trinajstić information content (AvgIpc) is 2.18. The van der Waals surface area contributed by atoms with Crippen molar-refractivity contribution < 1.29 is 4.21 Å². The number of aromatic nitrogens is 1. The molecule has 4 nitrogen and oxygen atoms in total. The number of halogens is 1. The largest absolute Gasteiger partial charge is 0.248 e. The Morgan fingerprint density at radius 1 is 1.67 bits per heavy atom. The van der Waals surface area contributed by atoms with Crippen molar-refractivity contribution >= 4 is 21.3 Å². The van der Waals surface area contributed by atoms with Gasteiger partial charge in [-0.3, -0.25) is 0 Å². The number of hydrogen-bond donors (Lipinski definition) is 0. The Hall–Kier alpha value is -1.12. The highest BCUT2D eigenvalue weighted by atomic mass is 35.5. The van der Waals surface area contributed by atoms with E-state index in [4.69, 9.17) is 16.9 Å². The van der Waals surface area contributed by atoms with Crippen LogP contribution in [-0.2, 0) is 9.73 Å². The molecule has 1 aromatic rings. The number of pyridine rings is 1. The van der Waals surface area contributed by atoms with Gasteiger partial charge in [-0.05, 0) is 18.6 Å². The molecule has 0 radical (unpaired) electrons. The van der Waals surface area contributed by atoms with Gasteiger partial charge in [0.05, 0.1) is 15.0 Å². The summed E-state index contributed by atoms with van der Waals surface area (Å²) in [5, 5.41) is 8.44. The van der Waals surface area contributed by atoms with Crippen LogP contribution in [0.4, 0.5) is 0 Å². The lowest BCUT2D eigenvalue weighted by Crippen LogP contribution is -2.07. The van der Waals surface area contributed by atoms with Crippen LogP contribution in [0.15, 0.2) is 22.7 Å². The van der Waals surface area contributed by atoms with Crippen molar-refractivity contribution in [3.8, 4) is 6.19 Å². The summed E-state index contributed by atoms with van der Waals surface area (Å²) in [7, 11) is -2.55. The molecule has 0 saturated heterocycles. The van der Waals surface area contributed by atoms with Crippen LogP contribution in [0, 0.1) is 11.5 Å². The predicted octanol–water partition coefficient (Wildman–Crippen LogP) is 2.37. The molecule has 0 saturated carbocycles. The third kappa shape index (κ3) is 2.91. The van der Waals surface area contributed by atoms with Gasteiger partial charge in [0.2, 0.25) is 6.19 Å². The van der Waals surface area contributed by atoms with E-state index in [1.807, 2.05) is 0 Å². The first-order chi connectivity index (χ1) is 6.97. The molecular formula is C9H10ClN3OS. The fourth-order valence-corrected chi connectivity index (χ4v) is 2.12. The van der Waals surface area contributed by atoms with Gasteiger partial charge in [-0.2, -0.15) is 5.26 Å². The van der Waals surface area contributed by atoms with E-state index in [0.29, 0.717) is 5.15 Å². The Morgan fingerprint density at radius 3 is 2.80 bits per heavy atom. The molecule has 1 rings (SSSR count). The van der Waals surface area contributed by atoms with E-state index < -0.39 is 9.73 Å². The van der Waals surface area contributed by atoms with Gasteiger partial charge in [-0.15, -0.1) is 4.36 Å². The molecular weight excluding hydrogens is 234 g/mol. The zero-order chi connectivity index (χ0) is 11.5. The molecule has 0 spiro atoms. The molecule has 0 fully saturated rings. The predicted molar refractivity (Wildman–Crippen MR) is 59.8 cm³/mol. The van der Waals surface area contributed by atoms with Crippen molar-refractivity contribution in [3.63, 3.8) is 0 Å². The first-order valence-electron chi connectivity index (χ1n) is 4.18. The monoisotopic (exact) mass is 243 g/mol. The van der Waals surface area contributed by atoms with Crippen molar-refractivity contribution in [1.82, 2.24) is 4.98 Å². The van der Waals surface area contributed by atoms with E-state index in [9.17, 15) is 4.21 Å². The molecule has 1 aromatic heterocycles. The molecule has 6 heteroatoms. The highest BCUT2D eigenvalue weighted by Gasteiger charge is 2.16. The number of nitriles is 1. The highest BCUT2D eigenvalue weighted by molar-refractivity contribution is 7.93. The molecule has 0 unspecified atom stereocenters. The molecule has 0 bridgehead atoms. The van der Waals surface area contributed by atoms with Gasteiger partial charge in [-0.1, -0.05) is 17.7 Å². The summed E-state index contributed by atoms with van der Waals surface area (Å²) < 4.78 is 15.3. The number of hydrogen-bond acceptors (Lipinski definition) is 4. The maximum absolute atomic E-state index is 11.9. The molecule has 0 aromatic carbocycles. The van der Waals surface area contributed by atoms with Crippen LogP contribution < -0.4 is 0 Å². The fraction of sp³-hybridized carbons (Fsp3) is 0.333. The summed E-state index contributed by atoms with van der Waals surface area (Å²) in [5.74, 6) is 0. The minimum atomic E-state index is -2.55. The molecule has 15 heavy (non-hydrogen) atoms. The first kappa shape index (κ1) is 12.0. The Kier molecular flexibility index (Phi) is 3.66. The summed E-state index contributed by atoms with van der Waals surface area (Å²) >= 11 is 5.63. The summed E-state index contributed by atoms with van der Waals surface area (Å²) in [4.78, 5) is 3.89. The van der Waals surface area contributed by atoms with Gasteiger partial charge in [0, 0.05) is 12.5 Å². The van der Waals surface area contributed by atoms with Crippen molar-refractivity contribution in [2.24, 2.45) is 4.36 Å². The second-order valence-corrected chi connectivity index (χ2v) is 6.11. The van der Waals surface area contributed by atoms with Crippen molar-refractivity contribution in [2.75, 3.05) is 6.26 Å². The Balaban J connectivity index is 3.12. The second kappa shape index (κ2) is 4.60. The number of nitrogens with zero attached hydrogens (tertiary/aromatic N) is 3.